The van der Waals surface area contributed by atoms with Crippen molar-refractivity contribution < 1.29 is 23.7 Å². The van der Waals surface area contributed by atoms with Gasteiger partial charge in [0.05, 0.1) is 38.5 Å². The first kappa shape index (κ1) is 21.1. The number of fused-ring (bicyclic) bond motifs is 2. The monoisotopic (exact) mass is 441 g/mol. The van der Waals surface area contributed by atoms with Crippen LogP contribution in [0, 0.1) is 0 Å². The van der Waals surface area contributed by atoms with Crippen molar-refractivity contribution in [1.82, 2.24) is 4.98 Å². The summed E-state index contributed by atoms with van der Waals surface area (Å²) in [6, 6.07) is 23.3. The molecule has 1 aromatic heterocycles. The zero-order valence-electron chi connectivity index (χ0n) is 18.4. The van der Waals surface area contributed by atoms with Crippen LogP contribution in [-0.4, -0.2) is 25.2 Å². The van der Waals surface area contributed by atoms with Crippen molar-refractivity contribution in [2.24, 2.45) is 0 Å². The van der Waals surface area contributed by atoms with Crippen molar-refractivity contribution in [3.8, 4) is 16.9 Å². The summed E-state index contributed by atoms with van der Waals surface area (Å²) in [6.45, 7) is 0.793. The molecule has 166 valence electrons. The van der Waals surface area contributed by atoms with E-state index in [-0.39, 0.29) is 5.97 Å². The van der Waals surface area contributed by atoms with Crippen molar-refractivity contribution in [3.63, 3.8) is 0 Å². The van der Waals surface area contributed by atoms with Gasteiger partial charge in [0, 0.05) is 10.9 Å². The third-order valence-electron chi connectivity index (χ3n) is 5.67. The van der Waals surface area contributed by atoms with Crippen molar-refractivity contribution >= 4 is 16.9 Å². The number of pyridine rings is 1. The predicted molar refractivity (Wildman–Crippen MR) is 124 cm³/mol. The number of para-hydroxylation sites is 1. The van der Waals surface area contributed by atoms with Crippen LogP contribution < -0.4 is 4.74 Å². The molecular weight excluding hydrogens is 418 g/mol. The van der Waals surface area contributed by atoms with Gasteiger partial charge in [-0.3, -0.25) is 0 Å². The van der Waals surface area contributed by atoms with Crippen LogP contribution in [0.15, 0.2) is 72.8 Å². The fourth-order valence-corrected chi connectivity index (χ4v) is 4.01. The van der Waals surface area contributed by atoms with Gasteiger partial charge in [-0.2, -0.15) is 0 Å². The van der Waals surface area contributed by atoms with Gasteiger partial charge in [-0.1, -0.05) is 30.3 Å². The first-order valence-electron chi connectivity index (χ1n) is 10.6. The molecule has 3 aromatic carbocycles. The summed E-state index contributed by atoms with van der Waals surface area (Å²) < 4.78 is 22.3. The molecule has 0 spiro atoms. The van der Waals surface area contributed by atoms with E-state index >= 15 is 0 Å². The van der Waals surface area contributed by atoms with E-state index in [0.717, 1.165) is 38.9 Å². The number of hydrogen-bond donors (Lipinski definition) is 0. The normalized spacial score (nSPS) is 14.8. The van der Waals surface area contributed by atoms with Crippen LogP contribution in [0.5, 0.6) is 5.75 Å². The smallest absolute Gasteiger partial charge is 0.337 e. The van der Waals surface area contributed by atoms with Gasteiger partial charge in [0.2, 0.25) is 6.29 Å². The van der Waals surface area contributed by atoms with E-state index in [1.54, 1.807) is 19.2 Å². The lowest BCUT2D eigenvalue weighted by Crippen LogP contribution is -2.05. The molecule has 6 heteroatoms. The van der Waals surface area contributed by atoms with E-state index in [2.05, 4.69) is 6.07 Å². The Labute approximate surface area is 191 Å². The highest BCUT2D eigenvalue weighted by atomic mass is 16.7. The Kier molecular flexibility index (Phi) is 5.77. The maximum Gasteiger partial charge on any atom is 0.337 e. The van der Waals surface area contributed by atoms with E-state index in [1.807, 2.05) is 54.6 Å². The third-order valence-corrected chi connectivity index (χ3v) is 5.67. The number of methoxy groups -OCH3 is 2. The molecule has 1 atom stereocenters. The molecule has 1 unspecified atom stereocenters. The Hall–Kier alpha value is -3.74. The van der Waals surface area contributed by atoms with Gasteiger partial charge in [0.1, 0.15) is 11.4 Å². The minimum absolute atomic E-state index is 0.319. The Balaban J connectivity index is 1.39. The largest absolute Gasteiger partial charge is 0.497 e. The van der Waals surface area contributed by atoms with Gasteiger partial charge in [-0.25, -0.2) is 9.78 Å². The Morgan fingerprint density at radius 2 is 1.88 bits per heavy atom. The maximum absolute atomic E-state index is 11.9. The molecule has 1 aliphatic rings. The number of benzene rings is 3. The molecule has 33 heavy (non-hydrogen) atoms. The lowest BCUT2D eigenvalue weighted by atomic mass is 10.0. The standard InChI is InChI=1S/C27H23NO5/c1-30-23-11-17(10-21(14-23)18-7-5-8-20(12-18)26(29)31-2)15-32-27-25-22(16-33-27)13-19-6-3-4-9-24(19)28-25/h3-14,27H,15-16H2,1-2H3. The topological polar surface area (TPSA) is 66.9 Å². The summed E-state index contributed by atoms with van der Waals surface area (Å²) in [4.78, 5) is 16.7. The number of carbonyl (C=O) groups excluding carboxylic acids is 1. The third kappa shape index (κ3) is 4.31. The summed E-state index contributed by atoms with van der Waals surface area (Å²) in [7, 11) is 3.00. The van der Waals surface area contributed by atoms with Crippen LogP contribution in [-0.2, 0) is 27.4 Å². The molecule has 0 N–H and O–H groups in total. The minimum atomic E-state index is -0.526. The molecule has 2 heterocycles. The molecule has 0 saturated carbocycles. The zero-order valence-corrected chi connectivity index (χ0v) is 18.4. The molecule has 0 amide bonds. The number of carbonyl (C=O) groups is 1. The quantitative estimate of drug-likeness (QED) is 0.371. The second kappa shape index (κ2) is 9.02. The van der Waals surface area contributed by atoms with E-state index in [4.69, 9.17) is 23.9 Å². The molecular formula is C27H23NO5. The fourth-order valence-electron chi connectivity index (χ4n) is 4.01. The molecule has 0 saturated heterocycles. The molecule has 4 aromatic rings. The summed E-state index contributed by atoms with van der Waals surface area (Å²) in [6.07, 6.45) is -0.526. The number of nitrogens with zero attached hydrogens (tertiary/aromatic N) is 1. The molecule has 5 rings (SSSR count). The van der Waals surface area contributed by atoms with Gasteiger partial charge in [0.15, 0.2) is 0 Å². The zero-order chi connectivity index (χ0) is 22.8. The van der Waals surface area contributed by atoms with Crippen LogP contribution in [0.3, 0.4) is 0 Å². The average Bonchev–Trinajstić information content (AvgIpc) is 3.27. The van der Waals surface area contributed by atoms with E-state index < -0.39 is 6.29 Å². The van der Waals surface area contributed by atoms with E-state index in [1.165, 1.54) is 7.11 Å². The number of esters is 1. The minimum Gasteiger partial charge on any atom is -0.497 e. The predicted octanol–water partition coefficient (Wildman–Crippen LogP) is 5.44. The summed E-state index contributed by atoms with van der Waals surface area (Å²) in [5.41, 5.74) is 6.00. The average molecular weight is 441 g/mol. The van der Waals surface area contributed by atoms with Crippen molar-refractivity contribution in [2.75, 3.05) is 14.2 Å². The number of ether oxygens (including phenoxy) is 4. The molecule has 6 nitrogen and oxygen atoms in total. The Bertz CT molecular complexity index is 1330. The van der Waals surface area contributed by atoms with Crippen LogP contribution in [0.4, 0.5) is 0 Å². The first-order chi connectivity index (χ1) is 16.1. The molecule has 0 bridgehead atoms. The molecule has 0 aliphatic carbocycles. The maximum atomic E-state index is 11.9. The van der Waals surface area contributed by atoms with Crippen molar-refractivity contribution in [3.05, 3.63) is 95.2 Å². The Morgan fingerprint density at radius 1 is 1.00 bits per heavy atom. The number of hydrogen-bond acceptors (Lipinski definition) is 6. The van der Waals surface area contributed by atoms with Crippen LogP contribution in [0.2, 0.25) is 0 Å². The second-order valence-electron chi connectivity index (χ2n) is 7.82. The van der Waals surface area contributed by atoms with Gasteiger partial charge in [-0.05, 0) is 59.2 Å². The lowest BCUT2D eigenvalue weighted by Gasteiger charge is -2.14. The highest BCUT2D eigenvalue weighted by Crippen LogP contribution is 2.34. The fraction of sp³-hybridized carbons (Fsp3) is 0.185. The van der Waals surface area contributed by atoms with Crippen LogP contribution in [0.1, 0.15) is 33.5 Å². The molecule has 1 aliphatic heterocycles. The summed E-state index contributed by atoms with van der Waals surface area (Å²) in [5.74, 6) is 0.326. The number of rotatable bonds is 6. The van der Waals surface area contributed by atoms with E-state index in [0.29, 0.717) is 24.5 Å². The van der Waals surface area contributed by atoms with Crippen LogP contribution >= 0.6 is 0 Å². The van der Waals surface area contributed by atoms with Gasteiger partial charge < -0.3 is 18.9 Å². The van der Waals surface area contributed by atoms with Crippen molar-refractivity contribution in [1.29, 1.82) is 0 Å². The lowest BCUT2D eigenvalue weighted by molar-refractivity contribution is -0.147. The molecule has 0 fully saturated rings. The first-order valence-corrected chi connectivity index (χ1v) is 10.6. The summed E-state index contributed by atoms with van der Waals surface area (Å²) >= 11 is 0. The van der Waals surface area contributed by atoms with Gasteiger partial charge >= 0.3 is 5.97 Å². The van der Waals surface area contributed by atoms with Gasteiger partial charge in [-0.15, -0.1) is 0 Å². The highest BCUT2D eigenvalue weighted by Gasteiger charge is 2.26. The summed E-state index contributed by atoms with van der Waals surface area (Å²) in [5, 5.41) is 1.09. The molecule has 0 radical (unpaired) electrons. The second-order valence-corrected chi connectivity index (χ2v) is 7.82. The van der Waals surface area contributed by atoms with Gasteiger partial charge in [0.25, 0.3) is 0 Å². The highest BCUT2D eigenvalue weighted by molar-refractivity contribution is 5.91. The SMILES string of the molecule is COC(=O)c1cccc(-c2cc(COC3OCc4cc5ccccc5nc43)cc(OC)c2)c1. The van der Waals surface area contributed by atoms with Crippen LogP contribution in [0.25, 0.3) is 22.0 Å². The van der Waals surface area contributed by atoms with Crippen molar-refractivity contribution in [2.45, 2.75) is 19.5 Å². The van der Waals surface area contributed by atoms with E-state index in [9.17, 15) is 4.79 Å². The Morgan fingerprint density at radius 3 is 2.73 bits per heavy atom. The number of aromatic nitrogens is 1.